The molecule has 0 saturated carbocycles. The molecule has 3 atom stereocenters. The van der Waals surface area contributed by atoms with Crippen LogP contribution in [0, 0.1) is 11.7 Å². The minimum Gasteiger partial charge on any atom is -0.273 e. The first-order chi connectivity index (χ1) is 14.6. The van der Waals surface area contributed by atoms with Crippen molar-refractivity contribution in [2.24, 2.45) is 5.92 Å². The SMILES string of the molecule is O=C1[C@@H]2[C@@H](c3ccccc3F)N(c3ccccc3)O[C@H]2C(=O)N1c1ccc(Cl)cc1. The molecule has 3 aromatic rings. The van der Waals surface area contributed by atoms with E-state index in [-0.39, 0.29) is 0 Å². The van der Waals surface area contributed by atoms with Gasteiger partial charge in [0.1, 0.15) is 11.7 Å². The summed E-state index contributed by atoms with van der Waals surface area (Å²) in [6.07, 6.45) is -1.04. The Morgan fingerprint density at radius 1 is 0.800 bits per heavy atom. The molecule has 0 aromatic heterocycles. The van der Waals surface area contributed by atoms with Gasteiger partial charge in [-0.15, -0.1) is 0 Å². The van der Waals surface area contributed by atoms with Crippen molar-refractivity contribution in [3.05, 3.63) is 95.3 Å². The smallest absolute Gasteiger partial charge is 0.266 e. The summed E-state index contributed by atoms with van der Waals surface area (Å²) in [5.74, 6) is -2.26. The largest absolute Gasteiger partial charge is 0.273 e. The van der Waals surface area contributed by atoms with Crippen LogP contribution in [0.2, 0.25) is 5.02 Å². The van der Waals surface area contributed by atoms with Gasteiger partial charge in [0.2, 0.25) is 5.91 Å². The number of halogens is 2. The summed E-state index contributed by atoms with van der Waals surface area (Å²) < 4.78 is 14.8. The molecule has 2 aliphatic rings. The monoisotopic (exact) mass is 422 g/mol. The van der Waals surface area contributed by atoms with E-state index < -0.39 is 35.7 Å². The number of imide groups is 1. The topological polar surface area (TPSA) is 49.9 Å². The Bertz CT molecular complexity index is 1120. The van der Waals surface area contributed by atoms with Gasteiger partial charge >= 0.3 is 0 Å². The maximum Gasteiger partial charge on any atom is 0.266 e. The Kier molecular flexibility index (Phi) is 4.53. The predicted molar refractivity (Wildman–Crippen MR) is 110 cm³/mol. The van der Waals surface area contributed by atoms with Crippen molar-refractivity contribution in [1.29, 1.82) is 0 Å². The van der Waals surface area contributed by atoms with Crippen molar-refractivity contribution in [3.8, 4) is 0 Å². The van der Waals surface area contributed by atoms with Gasteiger partial charge in [-0.2, -0.15) is 0 Å². The van der Waals surface area contributed by atoms with Crippen molar-refractivity contribution < 1.29 is 18.8 Å². The van der Waals surface area contributed by atoms with Gasteiger partial charge in [0, 0.05) is 10.6 Å². The molecule has 30 heavy (non-hydrogen) atoms. The molecule has 0 bridgehead atoms. The van der Waals surface area contributed by atoms with Crippen LogP contribution >= 0.6 is 11.6 Å². The fraction of sp³-hybridized carbons (Fsp3) is 0.130. The number of benzene rings is 3. The highest BCUT2D eigenvalue weighted by molar-refractivity contribution is 6.31. The summed E-state index contributed by atoms with van der Waals surface area (Å²) in [6, 6.07) is 20.9. The summed E-state index contributed by atoms with van der Waals surface area (Å²) in [7, 11) is 0. The molecule has 0 aliphatic carbocycles. The van der Waals surface area contributed by atoms with E-state index in [1.807, 2.05) is 18.2 Å². The predicted octanol–water partition coefficient (Wildman–Crippen LogP) is 4.53. The molecule has 2 aliphatic heterocycles. The second-order valence-corrected chi connectivity index (χ2v) is 7.60. The van der Waals surface area contributed by atoms with Crippen LogP contribution in [0.15, 0.2) is 78.9 Å². The average molecular weight is 423 g/mol. The number of para-hydroxylation sites is 1. The molecule has 2 saturated heterocycles. The zero-order valence-corrected chi connectivity index (χ0v) is 16.4. The quantitative estimate of drug-likeness (QED) is 0.582. The normalized spacial score (nSPS) is 23.2. The number of rotatable bonds is 3. The fourth-order valence-corrected chi connectivity index (χ4v) is 4.21. The third-order valence-electron chi connectivity index (χ3n) is 5.43. The molecule has 3 aromatic carbocycles. The number of carbonyl (C=O) groups is 2. The number of hydrogen-bond donors (Lipinski definition) is 0. The molecular weight excluding hydrogens is 407 g/mol. The minimum atomic E-state index is -1.04. The number of anilines is 2. The van der Waals surface area contributed by atoms with Gasteiger partial charge in [-0.05, 0) is 42.5 Å². The highest BCUT2D eigenvalue weighted by Gasteiger charge is 2.60. The number of hydroxylamine groups is 1. The Balaban J connectivity index is 1.60. The first kappa shape index (κ1) is 18.8. The lowest BCUT2D eigenvalue weighted by atomic mass is 9.90. The molecule has 2 fully saturated rings. The van der Waals surface area contributed by atoms with Crippen molar-refractivity contribution in [3.63, 3.8) is 0 Å². The Hall–Kier alpha value is -3.22. The molecule has 5 rings (SSSR count). The van der Waals surface area contributed by atoms with Crippen LogP contribution in [0.25, 0.3) is 0 Å². The number of hydrogen-bond acceptors (Lipinski definition) is 4. The van der Waals surface area contributed by atoms with Gasteiger partial charge in [0.15, 0.2) is 6.10 Å². The molecule has 2 amide bonds. The van der Waals surface area contributed by atoms with Crippen LogP contribution < -0.4 is 9.96 Å². The van der Waals surface area contributed by atoms with Crippen molar-refractivity contribution in [1.82, 2.24) is 0 Å². The van der Waals surface area contributed by atoms with Gasteiger partial charge in [0.25, 0.3) is 5.91 Å². The summed E-state index contributed by atoms with van der Waals surface area (Å²) in [5, 5.41) is 1.97. The van der Waals surface area contributed by atoms with Gasteiger partial charge in [-0.25, -0.2) is 14.4 Å². The highest BCUT2D eigenvalue weighted by Crippen LogP contribution is 2.48. The third-order valence-corrected chi connectivity index (χ3v) is 5.69. The molecule has 2 heterocycles. The molecule has 150 valence electrons. The van der Waals surface area contributed by atoms with Crippen molar-refractivity contribution in [2.45, 2.75) is 12.1 Å². The molecular formula is C23H16ClFN2O3. The number of carbonyl (C=O) groups excluding carboxylic acids is 2. The number of nitrogens with zero attached hydrogens (tertiary/aromatic N) is 2. The van der Waals surface area contributed by atoms with E-state index in [1.165, 1.54) is 11.1 Å². The maximum atomic E-state index is 14.8. The highest BCUT2D eigenvalue weighted by atomic mass is 35.5. The van der Waals surface area contributed by atoms with E-state index in [9.17, 15) is 14.0 Å². The summed E-state index contributed by atoms with van der Waals surface area (Å²) in [4.78, 5) is 33.6. The molecule has 0 spiro atoms. The van der Waals surface area contributed by atoms with Gasteiger partial charge in [0.05, 0.1) is 17.4 Å². The number of fused-ring (bicyclic) bond motifs is 1. The fourth-order valence-electron chi connectivity index (χ4n) is 4.09. The van der Waals surface area contributed by atoms with E-state index in [0.29, 0.717) is 22.0 Å². The second-order valence-electron chi connectivity index (χ2n) is 7.17. The molecule has 7 heteroatoms. The summed E-state index contributed by atoms with van der Waals surface area (Å²) in [6.45, 7) is 0. The first-order valence-corrected chi connectivity index (χ1v) is 9.83. The van der Waals surface area contributed by atoms with E-state index in [1.54, 1.807) is 54.6 Å². The average Bonchev–Trinajstić information content (AvgIpc) is 3.26. The van der Waals surface area contributed by atoms with E-state index in [4.69, 9.17) is 16.4 Å². The minimum absolute atomic E-state index is 0.299. The zero-order chi connectivity index (χ0) is 20.8. The molecule has 0 radical (unpaired) electrons. The standard InChI is InChI=1S/C23H16ClFN2O3/c24-14-10-12-15(13-11-14)26-22(28)19-20(17-8-4-5-9-18(17)25)27(30-21(19)23(26)29)16-6-2-1-3-7-16/h1-13,19-21H/t19-,20-,21-/m1/s1. The third kappa shape index (κ3) is 2.88. The van der Waals surface area contributed by atoms with Crippen molar-refractivity contribution >= 4 is 34.8 Å². The lowest BCUT2D eigenvalue weighted by Crippen LogP contribution is -2.37. The first-order valence-electron chi connectivity index (χ1n) is 9.45. The van der Waals surface area contributed by atoms with Gasteiger partial charge in [-0.3, -0.25) is 14.4 Å². The van der Waals surface area contributed by atoms with Crippen LogP contribution in [0.4, 0.5) is 15.8 Å². The number of amides is 2. The van der Waals surface area contributed by atoms with Gasteiger partial charge in [-0.1, -0.05) is 48.0 Å². The molecule has 0 N–H and O–H groups in total. The van der Waals surface area contributed by atoms with Crippen LogP contribution in [-0.2, 0) is 14.4 Å². The Labute approximate surface area is 177 Å². The van der Waals surface area contributed by atoms with E-state index >= 15 is 0 Å². The van der Waals surface area contributed by atoms with Crippen LogP contribution in [0.5, 0.6) is 0 Å². The maximum absolute atomic E-state index is 14.8. The Morgan fingerprint density at radius 2 is 1.47 bits per heavy atom. The van der Waals surface area contributed by atoms with Gasteiger partial charge < -0.3 is 0 Å². The second kappa shape index (κ2) is 7.23. The van der Waals surface area contributed by atoms with Crippen molar-refractivity contribution in [2.75, 3.05) is 9.96 Å². The molecule has 0 unspecified atom stereocenters. The van der Waals surface area contributed by atoms with E-state index in [2.05, 4.69) is 0 Å². The molecule has 5 nitrogen and oxygen atoms in total. The van der Waals surface area contributed by atoms with Crippen LogP contribution in [-0.4, -0.2) is 17.9 Å². The van der Waals surface area contributed by atoms with Crippen LogP contribution in [0.3, 0.4) is 0 Å². The van der Waals surface area contributed by atoms with E-state index in [0.717, 1.165) is 4.90 Å². The lowest BCUT2D eigenvalue weighted by Gasteiger charge is -2.29. The summed E-state index contributed by atoms with van der Waals surface area (Å²) >= 11 is 5.93. The van der Waals surface area contributed by atoms with Crippen LogP contribution in [0.1, 0.15) is 11.6 Å². The zero-order valence-electron chi connectivity index (χ0n) is 15.6. The summed E-state index contributed by atoms with van der Waals surface area (Å²) in [5.41, 5.74) is 1.35. The lowest BCUT2D eigenvalue weighted by molar-refractivity contribution is -0.126. The Morgan fingerprint density at radius 3 is 2.17 bits per heavy atom.